The van der Waals surface area contributed by atoms with Crippen LogP contribution in [-0.2, 0) is 9.31 Å². The van der Waals surface area contributed by atoms with Crippen molar-refractivity contribution in [2.45, 2.75) is 64.1 Å². The van der Waals surface area contributed by atoms with Crippen molar-refractivity contribution in [3.63, 3.8) is 0 Å². The van der Waals surface area contributed by atoms with Crippen molar-refractivity contribution in [3.05, 3.63) is 24.0 Å². The number of nitrogens with zero attached hydrogens (tertiary/aromatic N) is 1. The van der Waals surface area contributed by atoms with Gasteiger partial charge in [0.15, 0.2) is 0 Å². The smallest absolute Gasteiger partial charge is 0.399 e. The Morgan fingerprint density at radius 2 is 1.86 bits per heavy atom. The Morgan fingerprint density at radius 1 is 1.18 bits per heavy atom. The van der Waals surface area contributed by atoms with Gasteiger partial charge >= 0.3 is 7.12 Å². The van der Waals surface area contributed by atoms with E-state index >= 15 is 0 Å². The van der Waals surface area contributed by atoms with Crippen LogP contribution in [0.3, 0.4) is 0 Å². The monoisotopic (exact) mass is 298 g/mol. The number of fused-ring (bicyclic) bond motifs is 1. The fourth-order valence-electron chi connectivity index (χ4n) is 3.20. The molecule has 1 saturated carbocycles. The van der Waals surface area contributed by atoms with E-state index in [2.05, 4.69) is 49.9 Å². The molecular formula is C17H23BN2O2. The van der Waals surface area contributed by atoms with Gasteiger partial charge in [-0.1, -0.05) is 6.42 Å². The first kappa shape index (κ1) is 14.3. The molecule has 1 saturated heterocycles. The van der Waals surface area contributed by atoms with Gasteiger partial charge in [-0.3, -0.25) is 0 Å². The normalized spacial score (nSPS) is 23.9. The standard InChI is InChI=1S/C17H23BN2O2/c1-16(2)17(3,4)22-18(21-16)12-8-13-14(11-6-5-7-11)10-20-15(13)19-9-12/h8-11H,5-7H2,1-4H3,(H,19,20). The Balaban J connectivity index is 1.71. The fraction of sp³-hybridized carbons (Fsp3) is 0.588. The van der Waals surface area contributed by atoms with Crippen LogP contribution < -0.4 is 5.46 Å². The predicted octanol–water partition coefficient (Wildman–Crippen LogP) is 3.13. The van der Waals surface area contributed by atoms with Crippen LogP contribution in [0, 0.1) is 0 Å². The molecule has 22 heavy (non-hydrogen) atoms. The van der Waals surface area contributed by atoms with Gasteiger partial charge in [0.05, 0.1) is 11.2 Å². The summed E-state index contributed by atoms with van der Waals surface area (Å²) in [6, 6.07) is 2.19. The Labute approximate surface area is 131 Å². The van der Waals surface area contributed by atoms with E-state index in [4.69, 9.17) is 9.31 Å². The molecule has 0 amide bonds. The highest BCUT2D eigenvalue weighted by molar-refractivity contribution is 6.62. The first-order chi connectivity index (χ1) is 10.4. The summed E-state index contributed by atoms with van der Waals surface area (Å²) in [5.41, 5.74) is 2.73. The van der Waals surface area contributed by atoms with E-state index in [-0.39, 0.29) is 18.3 Å². The number of nitrogens with one attached hydrogen (secondary N) is 1. The lowest BCUT2D eigenvalue weighted by molar-refractivity contribution is 0.00578. The van der Waals surface area contributed by atoms with E-state index in [0.717, 1.165) is 11.1 Å². The molecular weight excluding hydrogens is 275 g/mol. The van der Waals surface area contributed by atoms with Crippen LogP contribution in [0.4, 0.5) is 0 Å². The summed E-state index contributed by atoms with van der Waals surface area (Å²) in [5, 5.41) is 1.22. The lowest BCUT2D eigenvalue weighted by atomic mass is 9.77. The Morgan fingerprint density at radius 3 is 2.45 bits per heavy atom. The largest absolute Gasteiger partial charge is 0.496 e. The lowest BCUT2D eigenvalue weighted by Crippen LogP contribution is -2.41. The van der Waals surface area contributed by atoms with Gasteiger partial charge in [0.25, 0.3) is 0 Å². The van der Waals surface area contributed by atoms with Crippen LogP contribution in [-0.4, -0.2) is 28.3 Å². The second kappa shape index (κ2) is 4.59. The summed E-state index contributed by atoms with van der Waals surface area (Å²) in [7, 11) is -0.342. The summed E-state index contributed by atoms with van der Waals surface area (Å²) >= 11 is 0. The first-order valence-electron chi connectivity index (χ1n) is 8.20. The molecule has 2 fully saturated rings. The van der Waals surface area contributed by atoms with Crippen LogP contribution in [0.5, 0.6) is 0 Å². The number of pyridine rings is 1. The number of aromatic amines is 1. The molecule has 116 valence electrons. The van der Waals surface area contributed by atoms with E-state index in [1.165, 1.54) is 30.2 Å². The predicted molar refractivity (Wildman–Crippen MR) is 88.4 cm³/mol. The zero-order chi connectivity index (χ0) is 15.5. The average Bonchev–Trinajstić information content (AvgIpc) is 2.87. The zero-order valence-corrected chi connectivity index (χ0v) is 13.8. The van der Waals surface area contributed by atoms with Crippen LogP contribution in [0.2, 0.25) is 0 Å². The van der Waals surface area contributed by atoms with Gasteiger partial charge in [-0.15, -0.1) is 0 Å². The molecule has 1 aliphatic heterocycles. The molecule has 1 aliphatic carbocycles. The van der Waals surface area contributed by atoms with Crippen molar-refractivity contribution in [1.82, 2.24) is 9.97 Å². The second-order valence-electron chi connectivity index (χ2n) is 7.62. The van der Waals surface area contributed by atoms with E-state index in [1.54, 1.807) is 0 Å². The van der Waals surface area contributed by atoms with Gasteiger partial charge in [-0.25, -0.2) is 4.98 Å². The molecule has 0 spiro atoms. The van der Waals surface area contributed by atoms with Crippen molar-refractivity contribution >= 4 is 23.6 Å². The molecule has 2 aliphatic rings. The number of hydrogen-bond donors (Lipinski definition) is 1. The molecule has 5 heteroatoms. The van der Waals surface area contributed by atoms with Crippen LogP contribution in [0.15, 0.2) is 18.5 Å². The number of rotatable bonds is 2. The van der Waals surface area contributed by atoms with Gasteiger partial charge < -0.3 is 14.3 Å². The van der Waals surface area contributed by atoms with Crippen molar-refractivity contribution in [2.75, 3.05) is 0 Å². The molecule has 0 atom stereocenters. The molecule has 2 aromatic heterocycles. The van der Waals surface area contributed by atoms with Crippen LogP contribution in [0.1, 0.15) is 58.4 Å². The van der Waals surface area contributed by atoms with Crippen molar-refractivity contribution < 1.29 is 9.31 Å². The first-order valence-corrected chi connectivity index (χ1v) is 8.20. The van der Waals surface area contributed by atoms with Crippen molar-refractivity contribution in [3.8, 4) is 0 Å². The number of hydrogen-bond acceptors (Lipinski definition) is 3. The van der Waals surface area contributed by atoms with Crippen molar-refractivity contribution in [2.24, 2.45) is 0 Å². The van der Waals surface area contributed by atoms with Gasteiger partial charge in [0, 0.05) is 23.2 Å². The Bertz CT molecular complexity index is 703. The highest BCUT2D eigenvalue weighted by Crippen LogP contribution is 2.40. The summed E-state index contributed by atoms with van der Waals surface area (Å²) in [5.74, 6) is 0.684. The van der Waals surface area contributed by atoms with E-state index in [9.17, 15) is 0 Å². The molecule has 2 aromatic rings. The highest BCUT2D eigenvalue weighted by Gasteiger charge is 2.51. The second-order valence-corrected chi connectivity index (χ2v) is 7.62. The minimum atomic E-state index is -0.342. The van der Waals surface area contributed by atoms with Gasteiger partial charge in [-0.05, 0) is 58.1 Å². The third-order valence-electron chi connectivity index (χ3n) is 5.65. The molecule has 0 aromatic carbocycles. The summed E-state index contributed by atoms with van der Waals surface area (Å²) in [6.07, 6.45) is 7.89. The lowest BCUT2D eigenvalue weighted by Gasteiger charge is -2.32. The molecule has 1 N–H and O–H groups in total. The average molecular weight is 298 g/mol. The molecule has 0 unspecified atom stereocenters. The molecule has 0 bridgehead atoms. The minimum absolute atomic E-state index is 0.318. The van der Waals surface area contributed by atoms with E-state index in [0.29, 0.717) is 5.92 Å². The summed E-state index contributed by atoms with van der Waals surface area (Å²) in [6.45, 7) is 8.31. The SMILES string of the molecule is CC1(C)OB(c2cnc3[nH]cc(C4CCC4)c3c2)OC1(C)C. The quantitative estimate of drug-likeness (QED) is 0.867. The molecule has 4 nitrogen and oxygen atoms in total. The maximum Gasteiger partial charge on any atom is 0.496 e. The number of H-pyrrole nitrogens is 1. The topological polar surface area (TPSA) is 47.1 Å². The zero-order valence-electron chi connectivity index (χ0n) is 13.8. The highest BCUT2D eigenvalue weighted by atomic mass is 16.7. The van der Waals surface area contributed by atoms with Gasteiger partial charge in [0.1, 0.15) is 5.65 Å². The molecule has 0 radical (unpaired) electrons. The third kappa shape index (κ3) is 2.03. The van der Waals surface area contributed by atoms with Crippen LogP contribution >= 0.6 is 0 Å². The van der Waals surface area contributed by atoms with Crippen LogP contribution in [0.25, 0.3) is 11.0 Å². The summed E-state index contributed by atoms with van der Waals surface area (Å²) < 4.78 is 12.3. The number of aromatic nitrogens is 2. The maximum atomic E-state index is 6.14. The Kier molecular flexibility index (Phi) is 2.98. The van der Waals surface area contributed by atoms with E-state index < -0.39 is 0 Å². The third-order valence-corrected chi connectivity index (χ3v) is 5.65. The fourth-order valence-corrected chi connectivity index (χ4v) is 3.20. The van der Waals surface area contributed by atoms with E-state index in [1.807, 2.05) is 6.20 Å². The Hall–Kier alpha value is -1.33. The van der Waals surface area contributed by atoms with Crippen molar-refractivity contribution in [1.29, 1.82) is 0 Å². The van der Waals surface area contributed by atoms with Gasteiger partial charge in [-0.2, -0.15) is 0 Å². The maximum absolute atomic E-state index is 6.14. The summed E-state index contributed by atoms with van der Waals surface area (Å²) in [4.78, 5) is 7.86. The van der Waals surface area contributed by atoms with Gasteiger partial charge in [0.2, 0.25) is 0 Å². The molecule has 4 rings (SSSR count). The molecule has 3 heterocycles. The minimum Gasteiger partial charge on any atom is -0.399 e.